The standard InChI is InChI=1S/C19H18N4O2/c1-2-12-7-9-13(10-8-12)20-18(25)15-11-17(24)23-16-6-4-3-5-14(16)21-19(23)22-15/h3-10,15H,2,11H2,1H3,(H,20,25)(H,21,22). The zero-order valence-electron chi connectivity index (χ0n) is 13.8. The molecule has 2 N–H and O–H groups in total. The van der Waals surface area contributed by atoms with Crippen LogP contribution in [0.1, 0.15) is 23.7 Å². The van der Waals surface area contributed by atoms with Crippen LogP contribution in [0.3, 0.4) is 0 Å². The van der Waals surface area contributed by atoms with Gasteiger partial charge in [0, 0.05) is 5.69 Å². The molecule has 0 fully saturated rings. The second-order valence-electron chi connectivity index (χ2n) is 6.09. The molecule has 3 aromatic rings. The molecule has 0 bridgehead atoms. The number of aryl methyl sites for hydroxylation is 1. The molecule has 6 nitrogen and oxygen atoms in total. The fourth-order valence-corrected chi connectivity index (χ4v) is 3.06. The van der Waals surface area contributed by atoms with Crippen LogP contribution in [0.15, 0.2) is 48.5 Å². The van der Waals surface area contributed by atoms with E-state index in [1.54, 1.807) is 0 Å². The summed E-state index contributed by atoms with van der Waals surface area (Å²) >= 11 is 0. The fraction of sp³-hybridized carbons (Fsp3) is 0.211. The molecule has 0 saturated heterocycles. The molecule has 1 aliphatic rings. The van der Waals surface area contributed by atoms with Gasteiger partial charge in [0.1, 0.15) is 6.04 Å². The summed E-state index contributed by atoms with van der Waals surface area (Å²) in [5.41, 5.74) is 3.41. The third-order valence-electron chi connectivity index (χ3n) is 4.44. The molecular weight excluding hydrogens is 316 g/mol. The molecular formula is C19H18N4O2. The molecule has 1 aliphatic heterocycles. The molecule has 0 radical (unpaired) electrons. The van der Waals surface area contributed by atoms with Crippen LogP contribution < -0.4 is 10.6 Å². The Morgan fingerprint density at radius 1 is 1.24 bits per heavy atom. The molecule has 4 rings (SSSR count). The molecule has 1 amide bonds. The van der Waals surface area contributed by atoms with Crippen LogP contribution in [0.25, 0.3) is 11.0 Å². The van der Waals surface area contributed by atoms with Gasteiger partial charge in [0.25, 0.3) is 0 Å². The first kappa shape index (κ1) is 15.4. The number of nitrogens with one attached hydrogen (secondary N) is 2. The molecule has 25 heavy (non-hydrogen) atoms. The van der Waals surface area contributed by atoms with Crippen molar-refractivity contribution >= 4 is 34.5 Å². The number of carbonyl (C=O) groups is 2. The Labute approximate surface area is 144 Å². The average molecular weight is 334 g/mol. The summed E-state index contributed by atoms with van der Waals surface area (Å²) in [6.07, 6.45) is 1.04. The first-order valence-corrected chi connectivity index (χ1v) is 8.32. The molecule has 0 spiro atoms. The molecule has 1 unspecified atom stereocenters. The summed E-state index contributed by atoms with van der Waals surface area (Å²) in [6, 6.07) is 14.5. The van der Waals surface area contributed by atoms with Gasteiger partial charge in [-0.15, -0.1) is 0 Å². The SMILES string of the molecule is CCc1ccc(NC(=O)C2CC(=O)n3c(nc4ccccc43)N2)cc1. The van der Waals surface area contributed by atoms with Crippen molar-refractivity contribution in [3.8, 4) is 0 Å². The third kappa shape index (κ3) is 2.76. The summed E-state index contributed by atoms with van der Waals surface area (Å²) in [6.45, 7) is 2.08. The average Bonchev–Trinajstić information content (AvgIpc) is 3.01. The highest BCUT2D eigenvalue weighted by atomic mass is 16.2. The van der Waals surface area contributed by atoms with E-state index in [9.17, 15) is 9.59 Å². The van der Waals surface area contributed by atoms with Gasteiger partial charge in [-0.05, 0) is 36.2 Å². The van der Waals surface area contributed by atoms with E-state index in [1.807, 2.05) is 48.5 Å². The van der Waals surface area contributed by atoms with Gasteiger partial charge in [0.15, 0.2) is 0 Å². The monoisotopic (exact) mass is 334 g/mol. The number of nitrogens with zero attached hydrogens (tertiary/aromatic N) is 2. The Hall–Kier alpha value is -3.15. The third-order valence-corrected chi connectivity index (χ3v) is 4.44. The van der Waals surface area contributed by atoms with E-state index in [0.29, 0.717) is 5.95 Å². The van der Waals surface area contributed by atoms with Gasteiger partial charge < -0.3 is 10.6 Å². The molecule has 0 saturated carbocycles. The van der Waals surface area contributed by atoms with Gasteiger partial charge in [0.2, 0.25) is 17.8 Å². The molecule has 6 heteroatoms. The summed E-state index contributed by atoms with van der Waals surface area (Å²) in [7, 11) is 0. The fourth-order valence-electron chi connectivity index (χ4n) is 3.06. The predicted molar refractivity (Wildman–Crippen MR) is 96.8 cm³/mol. The van der Waals surface area contributed by atoms with E-state index in [0.717, 1.165) is 23.1 Å². The van der Waals surface area contributed by atoms with Crippen LogP contribution in [0.4, 0.5) is 11.6 Å². The molecule has 1 atom stereocenters. The maximum Gasteiger partial charge on any atom is 0.247 e. The van der Waals surface area contributed by atoms with Gasteiger partial charge in [-0.3, -0.25) is 9.59 Å². The van der Waals surface area contributed by atoms with E-state index >= 15 is 0 Å². The van der Waals surface area contributed by atoms with Crippen LogP contribution in [-0.4, -0.2) is 27.4 Å². The summed E-state index contributed by atoms with van der Waals surface area (Å²) in [5.74, 6) is 0.0405. The van der Waals surface area contributed by atoms with Crippen molar-refractivity contribution < 1.29 is 9.59 Å². The number of rotatable bonds is 3. The van der Waals surface area contributed by atoms with Gasteiger partial charge in [0.05, 0.1) is 17.5 Å². The largest absolute Gasteiger partial charge is 0.343 e. The van der Waals surface area contributed by atoms with Crippen molar-refractivity contribution in [3.63, 3.8) is 0 Å². The number of anilines is 2. The Morgan fingerprint density at radius 2 is 2.00 bits per heavy atom. The Bertz CT molecular complexity index is 959. The number of hydrogen-bond acceptors (Lipinski definition) is 4. The highest BCUT2D eigenvalue weighted by molar-refractivity contribution is 6.04. The number of para-hydroxylation sites is 2. The Balaban J connectivity index is 1.55. The molecule has 126 valence electrons. The van der Waals surface area contributed by atoms with Crippen LogP contribution in [0.5, 0.6) is 0 Å². The van der Waals surface area contributed by atoms with Crippen molar-refractivity contribution in [2.24, 2.45) is 0 Å². The van der Waals surface area contributed by atoms with E-state index in [2.05, 4.69) is 22.5 Å². The normalized spacial score (nSPS) is 16.4. The molecule has 2 heterocycles. The van der Waals surface area contributed by atoms with E-state index in [4.69, 9.17) is 0 Å². The van der Waals surface area contributed by atoms with Crippen molar-refractivity contribution in [1.29, 1.82) is 0 Å². The number of hydrogen-bond donors (Lipinski definition) is 2. The van der Waals surface area contributed by atoms with Crippen LogP contribution in [0, 0.1) is 0 Å². The van der Waals surface area contributed by atoms with E-state index in [-0.39, 0.29) is 18.2 Å². The lowest BCUT2D eigenvalue weighted by Crippen LogP contribution is -2.42. The second-order valence-corrected chi connectivity index (χ2v) is 6.09. The number of carbonyl (C=O) groups excluding carboxylic acids is 2. The number of aromatic nitrogens is 2. The van der Waals surface area contributed by atoms with Crippen molar-refractivity contribution in [1.82, 2.24) is 9.55 Å². The highest BCUT2D eigenvalue weighted by Crippen LogP contribution is 2.25. The number of imidazole rings is 1. The maximum atomic E-state index is 12.5. The van der Waals surface area contributed by atoms with Crippen LogP contribution in [-0.2, 0) is 11.2 Å². The number of benzene rings is 2. The molecule has 1 aromatic heterocycles. The van der Waals surface area contributed by atoms with E-state index < -0.39 is 6.04 Å². The first-order valence-electron chi connectivity index (χ1n) is 8.32. The minimum atomic E-state index is -0.636. The summed E-state index contributed by atoms with van der Waals surface area (Å²) in [4.78, 5) is 29.5. The molecule has 2 aromatic carbocycles. The number of fused-ring (bicyclic) bond motifs is 3. The minimum Gasteiger partial charge on any atom is -0.343 e. The zero-order valence-corrected chi connectivity index (χ0v) is 13.8. The van der Waals surface area contributed by atoms with Crippen molar-refractivity contribution in [2.45, 2.75) is 25.8 Å². The molecule has 0 aliphatic carbocycles. The minimum absolute atomic E-state index is 0.0895. The van der Waals surface area contributed by atoms with Crippen LogP contribution in [0.2, 0.25) is 0 Å². The maximum absolute atomic E-state index is 12.5. The summed E-state index contributed by atoms with van der Waals surface area (Å²) < 4.78 is 1.54. The first-order chi connectivity index (χ1) is 12.2. The van der Waals surface area contributed by atoms with Gasteiger partial charge in [-0.1, -0.05) is 31.2 Å². The lowest BCUT2D eigenvalue weighted by molar-refractivity contribution is -0.117. The van der Waals surface area contributed by atoms with Crippen molar-refractivity contribution in [3.05, 3.63) is 54.1 Å². The number of amides is 1. The lowest BCUT2D eigenvalue weighted by Gasteiger charge is -2.23. The van der Waals surface area contributed by atoms with Crippen LogP contribution >= 0.6 is 0 Å². The summed E-state index contributed by atoms with van der Waals surface area (Å²) in [5, 5.41) is 5.94. The zero-order chi connectivity index (χ0) is 17.4. The quantitative estimate of drug-likeness (QED) is 0.772. The topological polar surface area (TPSA) is 76.0 Å². The van der Waals surface area contributed by atoms with Gasteiger partial charge in [-0.2, -0.15) is 0 Å². The van der Waals surface area contributed by atoms with Crippen molar-refractivity contribution in [2.75, 3.05) is 10.6 Å². The van der Waals surface area contributed by atoms with Gasteiger partial charge >= 0.3 is 0 Å². The van der Waals surface area contributed by atoms with Gasteiger partial charge in [-0.25, -0.2) is 9.55 Å². The predicted octanol–water partition coefficient (Wildman–Crippen LogP) is 3.06. The Kier molecular flexibility index (Phi) is 3.72. The Morgan fingerprint density at radius 3 is 2.76 bits per heavy atom. The van der Waals surface area contributed by atoms with E-state index in [1.165, 1.54) is 10.1 Å². The lowest BCUT2D eigenvalue weighted by atomic mass is 10.1. The second kappa shape index (κ2) is 6.05. The highest BCUT2D eigenvalue weighted by Gasteiger charge is 2.31. The smallest absolute Gasteiger partial charge is 0.247 e.